The third kappa shape index (κ3) is 6.63. The molecular formula is C21H21ClF3N5O3S. The van der Waals surface area contributed by atoms with E-state index >= 15 is 0 Å². The van der Waals surface area contributed by atoms with Gasteiger partial charge in [0.2, 0.25) is 11.8 Å². The lowest BCUT2D eigenvalue weighted by Gasteiger charge is -2.35. The summed E-state index contributed by atoms with van der Waals surface area (Å²) in [5.74, 6) is -1.70. The Hall–Kier alpha value is -2.80. The highest BCUT2D eigenvalue weighted by atomic mass is 35.5. The predicted octanol–water partition coefficient (Wildman–Crippen LogP) is 2.43. The van der Waals surface area contributed by atoms with Crippen LogP contribution >= 0.6 is 23.4 Å². The first-order chi connectivity index (χ1) is 15.9. The minimum atomic E-state index is -4.53. The van der Waals surface area contributed by atoms with Gasteiger partial charge in [-0.2, -0.15) is 13.2 Å². The van der Waals surface area contributed by atoms with Gasteiger partial charge in [-0.15, -0.1) is 11.8 Å². The van der Waals surface area contributed by atoms with Crippen LogP contribution in [0.3, 0.4) is 0 Å². The van der Waals surface area contributed by atoms with E-state index in [1.165, 1.54) is 0 Å². The van der Waals surface area contributed by atoms with E-state index in [4.69, 9.17) is 17.3 Å². The zero-order chi connectivity index (χ0) is 25.0. The van der Waals surface area contributed by atoms with Crippen molar-refractivity contribution in [3.63, 3.8) is 0 Å². The van der Waals surface area contributed by atoms with Crippen LogP contribution in [0, 0.1) is 6.92 Å². The molecule has 1 aliphatic rings. The molecule has 3 amide bonds. The van der Waals surface area contributed by atoms with Gasteiger partial charge in [0, 0.05) is 16.3 Å². The van der Waals surface area contributed by atoms with Crippen LogP contribution in [0.5, 0.6) is 0 Å². The van der Waals surface area contributed by atoms with Crippen molar-refractivity contribution in [2.75, 3.05) is 11.1 Å². The van der Waals surface area contributed by atoms with E-state index in [9.17, 15) is 27.6 Å². The number of benzene rings is 2. The molecule has 2 aromatic carbocycles. The largest absolute Gasteiger partial charge is 0.416 e. The van der Waals surface area contributed by atoms with Gasteiger partial charge in [0.1, 0.15) is 11.5 Å². The van der Waals surface area contributed by atoms with Gasteiger partial charge in [0.05, 0.1) is 17.5 Å². The van der Waals surface area contributed by atoms with E-state index in [0.29, 0.717) is 10.7 Å². The third-order valence-electron chi connectivity index (χ3n) is 4.86. The smallest absolute Gasteiger partial charge is 0.338 e. The van der Waals surface area contributed by atoms with Crippen molar-refractivity contribution in [2.45, 2.75) is 30.8 Å². The molecule has 0 aromatic heterocycles. The number of halogens is 4. The highest BCUT2D eigenvalue weighted by Gasteiger charge is 2.36. The third-order valence-corrected chi connectivity index (χ3v) is 6.28. The van der Waals surface area contributed by atoms with Crippen molar-refractivity contribution in [2.24, 2.45) is 5.73 Å². The quantitative estimate of drug-likeness (QED) is 0.402. The summed E-state index contributed by atoms with van der Waals surface area (Å²) in [6, 6.07) is 7.51. The van der Waals surface area contributed by atoms with Crippen molar-refractivity contribution < 1.29 is 27.6 Å². The molecule has 1 saturated heterocycles. The van der Waals surface area contributed by atoms with E-state index in [0.717, 1.165) is 41.6 Å². The van der Waals surface area contributed by atoms with E-state index in [-0.39, 0.29) is 17.2 Å². The number of aryl methyl sites for hydroxylation is 1. The number of rotatable bonds is 6. The normalized spacial score (nSPS) is 20.4. The van der Waals surface area contributed by atoms with Crippen molar-refractivity contribution >= 4 is 46.8 Å². The number of anilines is 1. The Kier molecular flexibility index (Phi) is 8.08. The van der Waals surface area contributed by atoms with Crippen LogP contribution in [0.4, 0.5) is 18.9 Å². The summed E-state index contributed by atoms with van der Waals surface area (Å²) in [5, 5.41) is 11.1. The SMILES string of the molecule is Cc1ccc(NC(=O)CSC2NC(=O)C(NC(=O)c3ccc(C(F)(F)F)cc3)C(N)N2)cc1Cl. The Labute approximate surface area is 202 Å². The number of amides is 3. The summed E-state index contributed by atoms with van der Waals surface area (Å²) in [5.41, 5.74) is 5.71. The zero-order valence-corrected chi connectivity index (χ0v) is 19.3. The van der Waals surface area contributed by atoms with Gasteiger partial charge < -0.3 is 21.7 Å². The van der Waals surface area contributed by atoms with Crippen LogP contribution in [0.1, 0.15) is 21.5 Å². The summed E-state index contributed by atoms with van der Waals surface area (Å²) >= 11 is 7.11. The van der Waals surface area contributed by atoms with Crippen molar-refractivity contribution in [1.82, 2.24) is 16.0 Å². The van der Waals surface area contributed by atoms with Crippen LogP contribution in [0.15, 0.2) is 42.5 Å². The Morgan fingerprint density at radius 3 is 2.44 bits per heavy atom. The number of nitrogens with two attached hydrogens (primary N) is 1. The first-order valence-electron chi connectivity index (χ1n) is 9.92. The highest BCUT2D eigenvalue weighted by Crippen LogP contribution is 2.29. The predicted molar refractivity (Wildman–Crippen MR) is 123 cm³/mol. The number of carbonyl (C=O) groups excluding carboxylic acids is 3. The topological polar surface area (TPSA) is 125 Å². The number of thioether (sulfide) groups is 1. The van der Waals surface area contributed by atoms with E-state index in [1.54, 1.807) is 18.2 Å². The summed E-state index contributed by atoms with van der Waals surface area (Å²) in [6.45, 7) is 1.84. The molecule has 182 valence electrons. The van der Waals surface area contributed by atoms with Gasteiger partial charge in [0.15, 0.2) is 0 Å². The molecule has 0 bridgehead atoms. The zero-order valence-electron chi connectivity index (χ0n) is 17.7. The fraction of sp³-hybridized carbons (Fsp3) is 0.286. The molecule has 13 heteroatoms. The average molecular weight is 516 g/mol. The molecule has 3 rings (SSSR count). The minimum absolute atomic E-state index is 0.0151. The molecule has 34 heavy (non-hydrogen) atoms. The second kappa shape index (κ2) is 10.6. The van der Waals surface area contributed by atoms with Crippen molar-refractivity contribution in [3.05, 3.63) is 64.2 Å². The maximum atomic E-state index is 12.7. The average Bonchev–Trinajstić information content (AvgIpc) is 2.76. The van der Waals surface area contributed by atoms with Gasteiger partial charge in [-0.25, -0.2) is 0 Å². The van der Waals surface area contributed by atoms with Gasteiger partial charge >= 0.3 is 6.18 Å². The van der Waals surface area contributed by atoms with Crippen LogP contribution in [-0.4, -0.2) is 41.2 Å². The molecule has 0 radical (unpaired) electrons. The van der Waals surface area contributed by atoms with Gasteiger partial charge in [-0.3, -0.25) is 19.7 Å². The first kappa shape index (κ1) is 25.8. The molecule has 0 spiro atoms. The highest BCUT2D eigenvalue weighted by molar-refractivity contribution is 8.00. The Morgan fingerprint density at radius 2 is 1.85 bits per heavy atom. The Morgan fingerprint density at radius 1 is 1.18 bits per heavy atom. The lowest BCUT2D eigenvalue weighted by molar-refractivity contribution is -0.137. The molecular weight excluding hydrogens is 495 g/mol. The van der Waals surface area contributed by atoms with Gasteiger partial charge in [-0.1, -0.05) is 17.7 Å². The van der Waals surface area contributed by atoms with E-state index in [1.807, 2.05) is 6.92 Å². The number of hydrogen-bond acceptors (Lipinski definition) is 6. The molecule has 1 fully saturated rings. The maximum absolute atomic E-state index is 12.7. The van der Waals surface area contributed by atoms with Gasteiger partial charge in [0.25, 0.3) is 5.91 Å². The molecule has 0 saturated carbocycles. The molecule has 3 unspecified atom stereocenters. The van der Waals surface area contributed by atoms with E-state index in [2.05, 4.69) is 21.3 Å². The summed E-state index contributed by atoms with van der Waals surface area (Å²) in [4.78, 5) is 37.0. The van der Waals surface area contributed by atoms with E-state index < -0.39 is 41.3 Å². The summed E-state index contributed by atoms with van der Waals surface area (Å²) < 4.78 is 38.0. The fourth-order valence-corrected chi connectivity index (χ4v) is 4.03. The van der Waals surface area contributed by atoms with Crippen LogP contribution in [0.25, 0.3) is 0 Å². The van der Waals surface area contributed by atoms with Crippen molar-refractivity contribution in [3.8, 4) is 0 Å². The molecule has 1 aliphatic heterocycles. The molecule has 2 aromatic rings. The number of carbonyl (C=O) groups is 3. The fourth-order valence-electron chi connectivity index (χ4n) is 3.00. The lowest BCUT2D eigenvalue weighted by atomic mass is 10.1. The molecule has 6 N–H and O–H groups in total. The summed E-state index contributed by atoms with van der Waals surface area (Å²) in [7, 11) is 0. The maximum Gasteiger partial charge on any atom is 0.416 e. The van der Waals surface area contributed by atoms with Gasteiger partial charge in [-0.05, 0) is 48.9 Å². The lowest BCUT2D eigenvalue weighted by Crippen LogP contribution is -2.70. The second-order valence-corrected chi connectivity index (χ2v) is 8.93. The van der Waals surface area contributed by atoms with Crippen LogP contribution in [-0.2, 0) is 15.8 Å². The number of alkyl halides is 3. The molecule has 8 nitrogen and oxygen atoms in total. The first-order valence-corrected chi connectivity index (χ1v) is 11.3. The number of nitrogens with one attached hydrogen (secondary N) is 4. The second-order valence-electron chi connectivity index (χ2n) is 7.43. The van der Waals surface area contributed by atoms with Crippen LogP contribution in [0.2, 0.25) is 5.02 Å². The molecule has 0 aliphatic carbocycles. The number of hydrogen-bond donors (Lipinski definition) is 5. The van der Waals surface area contributed by atoms with Crippen molar-refractivity contribution in [1.29, 1.82) is 0 Å². The Balaban J connectivity index is 1.50. The van der Waals surface area contributed by atoms with Crippen LogP contribution < -0.4 is 27.0 Å². The molecule has 3 atom stereocenters. The Bertz CT molecular complexity index is 1080. The summed E-state index contributed by atoms with van der Waals surface area (Å²) in [6.07, 6.45) is -5.52. The molecule has 1 heterocycles. The standard InChI is InChI=1S/C21H21ClF3N5O3S/c1-10-2-7-13(8-14(10)22)27-15(31)9-34-20-29-17(26)16(19(33)30-20)28-18(32)11-3-5-12(6-4-11)21(23,24)25/h2-8,16-17,20,29H,9,26H2,1H3,(H,27,31)(H,28,32)(H,30,33). The monoisotopic (exact) mass is 515 g/mol. The minimum Gasteiger partial charge on any atom is -0.338 e.